The van der Waals surface area contributed by atoms with Gasteiger partial charge in [-0.15, -0.1) is 0 Å². The maximum absolute atomic E-state index is 12.4. The molecule has 0 aliphatic carbocycles. The number of amides is 1. The van der Waals surface area contributed by atoms with E-state index in [1.807, 2.05) is 37.3 Å². The maximum Gasteiger partial charge on any atom is 0.339 e. The molecular formula is C23H29NO5. The summed E-state index contributed by atoms with van der Waals surface area (Å²) in [5, 5.41) is 2.88. The first-order chi connectivity index (χ1) is 14.0. The van der Waals surface area contributed by atoms with Crippen LogP contribution in [-0.4, -0.2) is 38.2 Å². The number of carbonyl (C=O) groups is 2. The van der Waals surface area contributed by atoms with Crippen molar-refractivity contribution in [1.82, 2.24) is 5.32 Å². The molecule has 0 fully saturated rings. The monoisotopic (exact) mass is 399 g/mol. The lowest BCUT2D eigenvalue weighted by atomic mass is 9.96. The minimum atomic E-state index is -0.909. The molecule has 2 atom stereocenters. The summed E-state index contributed by atoms with van der Waals surface area (Å²) in [7, 11) is 1.50. The minimum Gasteiger partial charge on any atom is -0.493 e. The molecule has 1 N–H and O–H groups in total. The highest BCUT2D eigenvalue weighted by Crippen LogP contribution is 2.28. The second-order valence-electron chi connectivity index (χ2n) is 6.61. The van der Waals surface area contributed by atoms with Crippen LogP contribution in [0.1, 0.15) is 49.0 Å². The van der Waals surface area contributed by atoms with Crippen molar-refractivity contribution in [2.24, 2.45) is 0 Å². The van der Waals surface area contributed by atoms with Gasteiger partial charge >= 0.3 is 5.97 Å². The number of carbonyl (C=O) groups excluding carboxylic acids is 2. The fraction of sp³-hybridized carbons (Fsp3) is 0.391. The molecule has 29 heavy (non-hydrogen) atoms. The molecule has 0 aliphatic heterocycles. The van der Waals surface area contributed by atoms with Crippen molar-refractivity contribution in [3.05, 3.63) is 59.7 Å². The molecule has 0 saturated heterocycles. The van der Waals surface area contributed by atoms with E-state index in [1.165, 1.54) is 12.7 Å². The molecule has 2 aromatic carbocycles. The quantitative estimate of drug-likeness (QED) is 0.613. The normalized spacial score (nSPS) is 12.6. The van der Waals surface area contributed by atoms with Crippen molar-refractivity contribution in [3.8, 4) is 11.5 Å². The Kier molecular flexibility index (Phi) is 8.52. The van der Waals surface area contributed by atoms with Crippen molar-refractivity contribution in [3.63, 3.8) is 0 Å². The van der Waals surface area contributed by atoms with Crippen molar-refractivity contribution >= 4 is 11.9 Å². The largest absolute Gasteiger partial charge is 0.493 e. The van der Waals surface area contributed by atoms with Crippen molar-refractivity contribution in [1.29, 1.82) is 0 Å². The third kappa shape index (κ3) is 6.24. The number of esters is 1. The highest BCUT2D eigenvalue weighted by Gasteiger charge is 2.21. The van der Waals surface area contributed by atoms with Crippen LogP contribution in [0.3, 0.4) is 0 Å². The van der Waals surface area contributed by atoms with E-state index in [-0.39, 0.29) is 11.8 Å². The zero-order valence-corrected chi connectivity index (χ0v) is 17.4. The van der Waals surface area contributed by atoms with Gasteiger partial charge in [-0.25, -0.2) is 4.79 Å². The van der Waals surface area contributed by atoms with Gasteiger partial charge in [-0.2, -0.15) is 0 Å². The van der Waals surface area contributed by atoms with E-state index in [0.717, 1.165) is 6.42 Å². The lowest BCUT2D eigenvalue weighted by Crippen LogP contribution is -2.38. The molecule has 6 heteroatoms. The fourth-order valence-electron chi connectivity index (χ4n) is 2.94. The number of hydrogen-bond acceptors (Lipinski definition) is 5. The molecule has 6 nitrogen and oxygen atoms in total. The van der Waals surface area contributed by atoms with E-state index in [1.54, 1.807) is 25.1 Å². The van der Waals surface area contributed by atoms with E-state index in [2.05, 4.69) is 12.2 Å². The molecule has 0 bridgehead atoms. The van der Waals surface area contributed by atoms with Crippen LogP contribution in [0, 0.1) is 0 Å². The molecular weight excluding hydrogens is 370 g/mol. The number of methoxy groups -OCH3 is 1. The summed E-state index contributed by atoms with van der Waals surface area (Å²) in [6.07, 6.45) is -0.0157. The van der Waals surface area contributed by atoms with E-state index < -0.39 is 12.1 Å². The number of hydrogen-bond donors (Lipinski definition) is 1. The molecule has 2 aromatic rings. The van der Waals surface area contributed by atoms with Gasteiger partial charge in [-0.3, -0.25) is 4.79 Å². The molecule has 0 aromatic heterocycles. The van der Waals surface area contributed by atoms with E-state index in [9.17, 15) is 9.59 Å². The molecule has 156 valence electrons. The highest BCUT2D eigenvalue weighted by molar-refractivity contribution is 5.92. The standard InChI is InChI=1S/C23H29NO5/c1-5-17(18-10-8-7-9-11-18)15-24-22(25)16(3)29-23(26)19-12-13-20(28-6-2)21(14-19)27-4/h7-14,16-17H,5-6,15H2,1-4H3,(H,24,25)/t16-,17+/m1/s1. The van der Waals surface area contributed by atoms with E-state index >= 15 is 0 Å². The second kappa shape index (κ2) is 11.1. The summed E-state index contributed by atoms with van der Waals surface area (Å²) >= 11 is 0. The third-order valence-corrected chi connectivity index (χ3v) is 4.64. The van der Waals surface area contributed by atoms with Crippen molar-refractivity contribution in [2.75, 3.05) is 20.3 Å². The van der Waals surface area contributed by atoms with Gasteiger partial charge in [0.15, 0.2) is 17.6 Å². The SMILES string of the molecule is CCOc1ccc(C(=O)O[C@H](C)C(=O)NC[C@H](CC)c2ccccc2)cc1OC. The zero-order chi connectivity index (χ0) is 21.2. The first-order valence-electron chi connectivity index (χ1n) is 9.84. The van der Waals surface area contributed by atoms with Crippen LogP contribution in [-0.2, 0) is 9.53 Å². The van der Waals surface area contributed by atoms with Crippen LogP contribution in [0.15, 0.2) is 48.5 Å². The predicted molar refractivity (Wildman–Crippen MR) is 112 cm³/mol. The molecule has 0 radical (unpaired) electrons. The molecule has 1 amide bonds. The third-order valence-electron chi connectivity index (χ3n) is 4.64. The molecule has 0 spiro atoms. The highest BCUT2D eigenvalue weighted by atomic mass is 16.5. The predicted octanol–water partition coefficient (Wildman–Crippen LogP) is 3.95. The fourth-order valence-corrected chi connectivity index (χ4v) is 2.94. The van der Waals surface area contributed by atoms with Gasteiger partial charge in [0.25, 0.3) is 5.91 Å². The van der Waals surface area contributed by atoms with Gasteiger partial charge in [0.2, 0.25) is 0 Å². The Morgan fingerprint density at radius 2 is 1.76 bits per heavy atom. The molecule has 0 unspecified atom stereocenters. The van der Waals surface area contributed by atoms with Crippen molar-refractivity contribution in [2.45, 2.75) is 39.2 Å². The number of benzene rings is 2. The Morgan fingerprint density at radius 3 is 2.38 bits per heavy atom. The Balaban J connectivity index is 1.94. The van der Waals surface area contributed by atoms with Crippen LogP contribution >= 0.6 is 0 Å². The van der Waals surface area contributed by atoms with Gasteiger partial charge in [-0.05, 0) is 44.0 Å². The number of ether oxygens (including phenoxy) is 3. The summed E-state index contributed by atoms with van der Waals surface area (Å²) < 4.78 is 16.0. The summed E-state index contributed by atoms with van der Waals surface area (Å²) in [4.78, 5) is 24.8. The molecule has 0 heterocycles. The lowest BCUT2D eigenvalue weighted by Gasteiger charge is -2.19. The van der Waals surface area contributed by atoms with Gasteiger partial charge < -0.3 is 19.5 Å². The van der Waals surface area contributed by atoms with Crippen LogP contribution in [0.5, 0.6) is 11.5 Å². The molecule has 0 aliphatic rings. The smallest absolute Gasteiger partial charge is 0.339 e. The average Bonchev–Trinajstić information content (AvgIpc) is 2.75. The lowest BCUT2D eigenvalue weighted by molar-refractivity contribution is -0.129. The topological polar surface area (TPSA) is 73.9 Å². The van der Waals surface area contributed by atoms with Gasteiger partial charge in [0, 0.05) is 12.5 Å². The van der Waals surface area contributed by atoms with Crippen molar-refractivity contribution < 1.29 is 23.8 Å². The van der Waals surface area contributed by atoms with E-state index in [0.29, 0.717) is 30.2 Å². The van der Waals surface area contributed by atoms with Gasteiger partial charge in [0.1, 0.15) is 0 Å². The van der Waals surface area contributed by atoms with Crippen LogP contribution in [0.4, 0.5) is 0 Å². The Morgan fingerprint density at radius 1 is 1.03 bits per heavy atom. The van der Waals surface area contributed by atoms with Gasteiger partial charge in [0.05, 0.1) is 19.3 Å². The summed E-state index contributed by atoms with van der Waals surface area (Å²) in [6.45, 7) is 6.47. The van der Waals surface area contributed by atoms with Crippen LogP contribution in [0.25, 0.3) is 0 Å². The molecule has 0 saturated carbocycles. The van der Waals surface area contributed by atoms with Crippen LogP contribution in [0.2, 0.25) is 0 Å². The van der Waals surface area contributed by atoms with Gasteiger partial charge in [-0.1, -0.05) is 37.3 Å². The molecule has 2 rings (SSSR count). The Bertz CT molecular complexity index is 806. The minimum absolute atomic E-state index is 0.207. The summed E-state index contributed by atoms with van der Waals surface area (Å²) in [5.41, 5.74) is 1.46. The van der Waals surface area contributed by atoms with E-state index in [4.69, 9.17) is 14.2 Å². The number of nitrogens with one attached hydrogen (secondary N) is 1. The first-order valence-corrected chi connectivity index (χ1v) is 9.84. The average molecular weight is 399 g/mol. The zero-order valence-electron chi connectivity index (χ0n) is 17.4. The maximum atomic E-state index is 12.4. The Labute approximate surface area is 172 Å². The Hall–Kier alpha value is -3.02. The first kappa shape index (κ1) is 22.3. The second-order valence-corrected chi connectivity index (χ2v) is 6.61. The van der Waals surface area contributed by atoms with Crippen LogP contribution < -0.4 is 14.8 Å². The number of rotatable bonds is 10. The summed E-state index contributed by atoms with van der Waals surface area (Å²) in [6, 6.07) is 14.8. The summed E-state index contributed by atoms with van der Waals surface area (Å²) in [5.74, 6) is 0.268.